The Labute approximate surface area is 123 Å². The molecule has 0 nitrogen and oxygen atoms in total. The van der Waals surface area contributed by atoms with Crippen LogP contribution in [0.1, 0.15) is 78.1 Å². The van der Waals surface area contributed by atoms with Gasteiger partial charge in [-0.2, -0.15) is 0 Å². The maximum Gasteiger partial charge on any atom is 0.0106 e. The zero-order chi connectivity index (χ0) is 13.7. The van der Waals surface area contributed by atoms with Crippen molar-refractivity contribution in [3.63, 3.8) is 0 Å². The van der Waals surface area contributed by atoms with Crippen molar-refractivity contribution in [2.45, 2.75) is 83.1 Å². The summed E-state index contributed by atoms with van der Waals surface area (Å²) in [6.45, 7) is 4.70. The first-order valence-electron chi connectivity index (χ1n) is 8.85. The molecule has 0 N–H and O–H groups in total. The van der Waals surface area contributed by atoms with Crippen LogP contribution in [0.5, 0.6) is 0 Å². The Morgan fingerprint density at radius 1 is 1.00 bits per heavy atom. The van der Waals surface area contributed by atoms with Gasteiger partial charge in [0.2, 0.25) is 0 Å². The normalized spacial score (nSPS) is 29.5. The molecular weight excluding hydrogens is 244 g/mol. The monoisotopic (exact) mass is 278 g/mol. The molecule has 1 saturated carbocycles. The van der Waals surface area contributed by atoms with Crippen molar-refractivity contribution in [2.24, 2.45) is 17.8 Å². The first-order valence-corrected chi connectivity index (χ1v) is 9.85. The molecule has 3 atom stereocenters. The van der Waals surface area contributed by atoms with Gasteiger partial charge in [0.05, 0.1) is 0 Å². The molecule has 0 aromatic heterocycles. The van der Waals surface area contributed by atoms with Crippen LogP contribution in [0.25, 0.3) is 0 Å². The van der Waals surface area contributed by atoms with Crippen molar-refractivity contribution in [2.75, 3.05) is 0 Å². The van der Waals surface area contributed by atoms with E-state index < -0.39 is 0 Å². The molecule has 0 aromatic rings. The van der Waals surface area contributed by atoms with Crippen LogP contribution in [0.2, 0.25) is 5.04 Å². The van der Waals surface area contributed by atoms with Crippen molar-refractivity contribution in [3.8, 4) is 0 Å². The summed E-state index contributed by atoms with van der Waals surface area (Å²) in [5.41, 5.74) is 0. The lowest BCUT2D eigenvalue weighted by Gasteiger charge is -2.32. The molecule has 1 heteroatoms. The molecule has 0 heterocycles. The van der Waals surface area contributed by atoms with E-state index >= 15 is 0 Å². The van der Waals surface area contributed by atoms with E-state index in [9.17, 15) is 0 Å². The Hall–Kier alpha value is -0.0431. The van der Waals surface area contributed by atoms with Gasteiger partial charge in [-0.05, 0) is 42.1 Å². The second-order valence-corrected chi connectivity index (χ2v) is 9.72. The summed E-state index contributed by atoms with van der Waals surface area (Å²) in [5.74, 6) is 2.98. The average molecular weight is 279 g/mol. The van der Waals surface area contributed by atoms with Crippen molar-refractivity contribution in [3.05, 3.63) is 12.2 Å². The molecule has 0 radical (unpaired) electrons. The van der Waals surface area contributed by atoms with Gasteiger partial charge in [0.15, 0.2) is 0 Å². The van der Waals surface area contributed by atoms with Crippen LogP contribution in [-0.2, 0) is 0 Å². The highest BCUT2D eigenvalue weighted by atomic mass is 28.1. The average Bonchev–Trinajstić information content (AvgIpc) is 3.03. The minimum Gasteiger partial charge on any atom is -0.0851 e. The highest BCUT2D eigenvalue weighted by Gasteiger charge is 2.36. The minimum absolute atomic E-state index is 0.775. The van der Waals surface area contributed by atoms with Gasteiger partial charge < -0.3 is 0 Å². The molecule has 0 amide bonds. The summed E-state index contributed by atoms with van der Waals surface area (Å²) in [6.07, 6.45) is 19.8. The molecule has 2 bridgehead atoms. The van der Waals surface area contributed by atoms with E-state index in [1.165, 1.54) is 68.0 Å². The Morgan fingerprint density at radius 2 is 1.68 bits per heavy atom. The summed E-state index contributed by atoms with van der Waals surface area (Å²) < 4.78 is 0. The number of fused-ring (bicyclic) bond motifs is 2. The molecule has 19 heavy (non-hydrogen) atoms. The number of hydrogen-bond acceptors (Lipinski definition) is 0. The molecule has 0 spiro atoms. The zero-order valence-electron chi connectivity index (χ0n) is 13.5. The molecule has 110 valence electrons. The Bertz CT molecular complexity index is 286. The fourth-order valence-electron chi connectivity index (χ4n) is 4.34. The highest BCUT2D eigenvalue weighted by Crippen LogP contribution is 2.48. The number of allylic oxidation sites excluding steroid dienone is 2. The molecule has 2 rings (SSSR count). The third kappa shape index (κ3) is 4.21. The van der Waals surface area contributed by atoms with Crippen LogP contribution in [-0.4, -0.2) is 10.2 Å². The van der Waals surface area contributed by atoms with Crippen LogP contribution >= 0.6 is 0 Å². The SMILES string of the molecule is CCCCC([SiH3])(CCCC)CCC1CC2C=CC1C2. The Balaban J connectivity index is 1.80. The van der Waals surface area contributed by atoms with Crippen LogP contribution in [0, 0.1) is 17.8 Å². The van der Waals surface area contributed by atoms with E-state index in [1.54, 1.807) is 6.42 Å². The maximum atomic E-state index is 2.53. The summed E-state index contributed by atoms with van der Waals surface area (Å²) in [6, 6.07) is 0. The Morgan fingerprint density at radius 3 is 2.16 bits per heavy atom. The maximum absolute atomic E-state index is 2.53. The van der Waals surface area contributed by atoms with E-state index in [0.29, 0.717) is 0 Å². The third-order valence-electron chi connectivity index (χ3n) is 5.80. The molecule has 0 aliphatic heterocycles. The topological polar surface area (TPSA) is 0 Å². The molecule has 1 fully saturated rings. The van der Waals surface area contributed by atoms with Gasteiger partial charge in [-0.15, -0.1) is 0 Å². The third-order valence-corrected chi connectivity index (χ3v) is 7.30. The number of rotatable bonds is 9. The zero-order valence-corrected chi connectivity index (χ0v) is 15.5. The lowest BCUT2D eigenvalue weighted by molar-refractivity contribution is 0.335. The lowest BCUT2D eigenvalue weighted by Crippen LogP contribution is -2.17. The molecule has 3 unspecified atom stereocenters. The molecule has 0 aromatic carbocycles. The van der Waals surface area contributed by atoms with Gasteiger partial charge in [0.1, 0.15) is 0 Å². The second-order valence-electron chi connectivity index (χ2n) is 7.60. The number of hydrogen-bond donors (Lipinski definition) is 0. The lowest BCUT2D eigenvalue weighted by atomic mass is 9.83. The van der Waals surface area contributed by atoms with Crippen molar-refractivity contribution in [1.29, 1.82) is 0 Å². The predicted molar refractivity (Wildman–Crippen MR) is 89.8 cm³/mol. The summed E-state index contributed by atoms with van der Waals surface area (Å²) in [7, 11) is 1.42. The van der Waals surface area contributed by atoms with E-state index in [0.717, 1.165) is 22.8 Å². The predicted octanol–water partition coefficient (Wildman–Crippen LogP) is 4.88. The van der Waals surface area contributed by atoms with Gasteiger partial charge >= 0.3 is 0 Å². The molecule has 0 saturated heterocycles. The van der Waals surface area contributed by atoms with E-state index in [2.05, 4.69) is 26.0 Å². The second kappa shape index (κ2) is 7.11. The van der Waals surface area contributed by atoms with Gasteiger partial charge in [0, 0.05) is 10.2 Å². The fourth-order valence-corrected chi connectivity index (χ4v) is 5.34. The van der Waals surface area contributed by atoms with Crippen LogP contribution < -0.4 is 0 Å². The van der Waals surface area contributed by atoms with Crippen molar-refractivity contribution >= 4 is 10.2 Å². The van der Waals surface area contributed by atoms with Gasteiger partial charge in [0.25, 0.3) is 0 Å². The fraction of sp³-hybridized carbons (Fsp3) is 0.889. The minimum atomic E-state index is 0.775. The summed E-state index contributed by atoms with van der Waals surface area (Å²) in [4.78, 5) is 0. The molecule has 2 aliphatic rings. The molecular formula is C18H34Si. The summed E-state index contributed by atoms with van der Waals surface area (Å²) >= 11 is 0. The van der Waals surface area contributed by atoms with E-state index in [4.69, 9.17) is 0 Å². The first-order chi connectivity index (χ1) is 9.17. The highest BCUT2D eigenvalue weighted by molar-refractivity contribution is 6.15. The first kappa shape index (κ1) is 15.3. The van der Waals surface area contributed by atoms with Crippen LogP contribution in [0.15, 0.2) is 12.2 Å². The van der Waals surface area contributed by atoms with Crippen LogP contribution in [0.4, 0.5) is 0 Å². The smallest absolute Gasteiger partial charge is 0.0106 e. The largest absolute Gasteiger partial charge is 0.0851 e. The quantitative estimate of drug-likeness (QED) is 0.416. The standard InChI is InChI=1S/C18H34Si/c1-3-5-10-18(19,11-6-4-2)12-9-17-14-15-7-8-16(17)13-15/h7-8,15-17H,3-6,9-14H2,1-2,19H3. The van der Waals surface area contributed by atoms with Crippen LogP contribution in [0.3, 0.4) is 0 Å². The van der Waals surface area contributed by atoms with E-state index in [-0.39, 0.29) is 0 Å². The van der Waals surface area contributed by atoms with Gasteiger partial charge in [-0.3, -0.25) is 0 Å². The summed E-state index contributed by atoms with van der Waals surface area (Å²) in [5, 5.41) is 0.775. The Kier molecular flexibility index (Phi) is 5.74. The molecule has 2 aliphatic carbocycles. The van der Waals surface area contributed by atoms with Crippen molar-refractivity contribution < 1.29 is 0 Å². The van der Waals surface area contributed by atoms with Gasteiger partial charge in [-0.1, -0.05) is 70.9 Å². The van der Waals surface area contributed by atoms with Gasteiger partial charge in [-0.25, -0.2) is 0 Å². The van der Waals surface area contributed by atoms with Crippen molar-refractivity contribution in [1.82, 2.24) is 0 Å². The van der Waals surface area contributed by atoms with E-state index in [1.807, 2.05) is 0 Å². The number of unbranched alkanes of at least 4 members (excludes halogenated alkanes) is 2.